The highest BCUT2D eigenvalue weighted by molar-refractivity contribution is 5.96. The van der Waals surface area contributed by atoms with Crippen molar-refractivity contribution in [3.05, 3.63) is 88.2 Å². The standard InChI is InChI=1S/C27H32F2N4O/c1-4-31-13-15-32(16-14-31)25-19(2)26(27(34)30-17-21-5-9-23(28)10-6-21)33(20(25)3)18-22-7-11-24(29)12-8-22/h5-12H,4,13-18H2,1-3H3,(H,30,34). The number of hydrogen-bond acceptors (Lipinski definition) is 3. The van der Waals surface area contributed by atoms with Gasteiger partial charge in [0.05, 0.1) is 5.69 Å². The fourth-order valence-electron chi connectivity index (χ4n) is 4.77. The third kappa shape index (κ3) is 5.14. The number of piperazine rings is 1. The van der Waals surface area contributed by atoms with Crippen LogP contribution in [0.3, 0.4) is 0 Å². The highest BCUT2D eigenvalue weighted by atomic mass is 19.1. The summed E-state index contributed by atoms with van der Waals surface area (Å²) in [4.78, 5) is 18.2. The summed E-state index contributed by atoms with van der Waals surface area (Å²) in [5.41, 5.74) is 5.44. The van der Waals surface area contributed by atoms with Crippen LogP contribution >= 0.6 is 0 Å². The van der Waals surface area contributed by atoms with Crippen molar-refractivity contribution in [3.8, 4) is 0 Å². The minimum absolute atomic E-state index is 0.175. The molecule has 1 aliphatic rings. The van der Waals surface area contributed by atoms with E-state index in [0.29, 0.717) is 18.8 Å². The lowest BCUT2D eigenvalue weighted by atomic mass is 10.1. The van der Waals surface area contributed by atoms with Crippen LogP contribution in [0.25, 0.3) is 0 Å². The summed E-state index contributed by atoms with van der Waals surface area (Å²) in [6.45, 7) is 11.8. The molecule has 1 saturated heterocycles. The molecule has 1 amide bonds. The molecule has 2 aromatic carbocycles. The highest BCUT2D eigenvalue weighted by Gasteiger charge is 2.27. The molecule has 0 unspecified atom stereocenters. The van der Waals surface area contributed by atoms with Gasteiger partial charge in [0.1, 0.15) is 17.3 Å². The summed E-state index contributed by atoms with van der Waals surface area (Å²) >= 11 is 0. The number of halogens is 2. The van der Waals surface area contributed by atoms with Crippen LogP contribution in [0.15, 0.2) is 48.5 Å². The fraction of sp³-hybridized carbons (Fsp3) is 0.370. The maximum absolute atomic E-state index is 13.5. The summed E-state index contributed by atoms with van der Waals surface area (Å²) in [7, 11) is 0. The summed E-state index contributed by atoms with van der Waals surface area (Å²) in [6.07, 6.45) is 0. The Morgan fingerprint density at radius 1 is 0.882 bits per heavy atom. The quantitative estimate of drug-likeness (QED) is 0.557. The Kier molecular flexibility index (Phi) is 7.32. The zero-order chi connectivity index (χ0) is 24.2. The Morgan fingerprint density at radius 3 is 2.00 bits per heavy atom. The maximum atomic E-state index is 13.5. The Morgan fingerprint density at radius 2 is 1.44 bits per heavy atom. The van der Waals surface area contributed by atoms with Gasteiger partial charge in [0.25, 0.3) is 5.91 Å². The van der Waals surface area contributed by atoms with Crippen LogP contribution in [-0.4, -0.2) is 48.1 Å². The minimum atomic E-state index is -0.303. The monoisotopic (exact) mass is 466 g/mol. The third-order valence-corrected chi connectivity index (χ3v) is 6.70. The second-order valence-electron chi connectivity index (χ2n) is 8.85. The van der Waals surface area contributed by atoms with Crippen LogP contribution < -0.4 is 10.2 Å². The molecule has 2 heterocycles. The molecule has 4 rings (SSSR count). The van der Waals surface area contributed by atoms with E-state index in [9.17, 15) is 13.6 Å². The minimum Gasteiger partial charge on any atom is -0.367 e. The van der Waals surface area contributed by atoms with E-state index in [1.807, 2.05) is 11.5 Å². The van der Waals surface area contributed by atoms with Gasteiger partial charge in [0.2, 0.25) is 0 Å². The Balaban J connectivity index is 1.65. The van der Waals surface area contributed by atoms with E-state index in [-0.39, 0.29) is 17.5 Å². The van der Waals surface area contributed by atoms with Gasteiger partial charge >= 0.3 is 0 Å². The van der Waals surface area contributed by atoms with Gasteiger partial charge in [-0.05, 0) is 55.8 Å². The molecule has 0 bridgehead atoms. The van der Waals surface area contributed by atoms with Crippen molar-refractivity contribution in [1.29, 1.82) is 0 Å². The zero-order valence-corrected chi connectivity index (χ0v) is 20.1. The molecule has 7 heteroatoms. The number of likely N-dealkylation sites (N-methyl/N-ethyl adjacent to an activating group) is 1. The lowest BCUT2D eigenvalue weighted by Crippen LogP contribution is -2.46. The van der Waals surface area contributed by atoms with Crippen molar-refractivity contribution < 1.29 is 13.6 Å². The number of rotatable bonds is 7. The van der Waals surface area contributed by atoms with Gasteiger partial charge in [-0.2, -0.15) is 0 Å². The number of benzene rings is 2. The SMILES string of the molecule is CCN1CCN(c2c(C)c(C(=O)NCc3ccc(F)cc3)n(Cc3ccc(F)cc3)c2C)CC1. The van der Waals surface area contributed by atoms with Crippen LogP contribution in [0.5, 0.6) is 0 Å². The third-order valence-electron chi connectivity index (χ3n) is 6.70. The number of hydrogen-bond donors (Lipinski definition) is 1. The summed E-state index contributed by atoms with van der Waals surface area (Å²) in [5, 5.41) is 3.00. The molecule has 1 aliphatic heterocycles. The maximum Gasteiger partial charge on any atom is 0.268 e. The first-order valence-corrected chi connectivity index (χ1v) is 11.8. The summed E-state index contributed by atoms with van der Waals surface area (Å²) in [5.74, 6) is -0.760. The predicted octanol–water partition coefficient (Wildman–Crippen LogP) is 4.50. The predicted molar refractivity (Wildman–Crippen MR) is 131 cm³/mol. The van der Waals surface area contributed by atoms with Crippen molar-refractivity contribution in [3.63, 3.8) is 0 Å². The van der Waals surface area contributed by atoms with Crippen molar-refractivity contribution in [2.45, 2.75) is 33.9 Å². The van der Waals surface area contributed by atoms with E-state index in [4.69, 9.17) is 0 Å². The first kappa shape index (κ1) is 24.0. The second kappa shape index (κ2) is 10.4. The molecular formula is C27H32F2N4O. The lowest BCUT2D eigenvalue weighted by Gasteiger charge is -2.36. The molecule has 34 heavy (non-hydrogen) atoms. The average molecular weight is 467 g/mol. The smallest absolute Gasteiger partial charge is 0.268 e. The first-order chi connectivity index (χ1) is 16.4. The van der Waals surface area contributed by atoms with Gasteiger partial charge in [0, 0.05) is 50.5 Å². The van der Waals surface area contributed by atoms with E-state index >= 15 is 0 Å². The van der Waals surface area contributed by atoms with Crippen LogP contribution in [0.1, 0.15) is 39.8 Å². The molecule has 1 N–H and O–H groups in total. The van der Waals surface area contributed by atoms with E-state index in [1.54, 1.807) is 24.3 Å². The normalized spacial score (nSPS) is 14.4. The van der Waals surface area contributed by atoms with E-state index < -0.39 is 0 Å². The molecule has 0 saturated carbocycles. The van der Waals surface area contributed by atoms with Crippen molar-refractivity contribution in [2.24, 2.45) is 0 Å². The van der Waals surface area contributed by atoms with Gasteiger partial charge in [-0.25, -0.2) is 8.78 Å². The first-order valence-electron chi connectivity index (χ1n) is 11.8. The van der Waals surface area contributed by atoms with E-state index in [0.717, 1.165) is 60.8 Å². The van der Waals surface area contributed by atoms with Gasteiger partial charge in [0.15, 0.2) is 0 Å². The second-order valence-corrected chi connectivity index (χ2v) is 8.85. The summed E-state index contributed by atoms with van der Waals surface area (Å²) < 4.78 is 28.7. The van der Waals surface area contributed by atoms with Gasteiger partial charge in [-0.3, -0.25) is 4.79 Å². The molecular weight excluding hydrogens is 434 g/mol. The Hall–Kier alpha value is -3.19. The van der Waals surface area contributed by atoms with Gasteiger partial charge in [-0.15, -0.1) is 0 Å². The molecule has 0 atom stereocenters. The topological polar surface area (TPSA) is 40.5 Å². The highest BCUT2D eigenvalue weighted by Crippen LogP contribution is 2.32. The molecule has 3 aromatic rings. The zero-order valence-electron chi connectivity index (χ0n) is 20.1. The number of carbonyl (C=O) groups excluding carboxylic acids is 1. The Bertz CT molecular complexity index is 1130. The summed E-state index contributed by atoms with van der Waals surface area (Å²) in [6, 6.07) is 12.5. The molecule has 5 nitrogen and oxygen atoms in total. The van der Waals surface area contributed by atoms with E-state index in [1.165, 1.54) is 24.3 Å². The van der Waals surface area contributed by atoms with Crippen LogP contribution in [0.4, 0.5) is 14.5 Å². The Labute approximate surface area is 200 Å². The number of aromatic nitrogens is 1. The van der Waals surface area contributed by atoms with Crippen LogP contribution in [0.2, 0.25) is 0 Å². The number of anilines is 1. The number of nitrogens with zero attached hydrogens (tertiary/aromatic N) is 3. The van der Waals surface area contributed by atoms with Crippen molar-refractivity contribution in [2.75, 3.05) is 37.6 Å². The molecule has 0 radical (unpaired) electrons. The number of carbonyl (C=O) groups is 1. The average Bonchev–Trinajstić information content (AvgIpc) is 3.09. The van der Waals surface area contributed by atoms with Gasteiger partial charge in [-0.1, -0.05) is 31.2 Å². The molecule has 0 aliphatic carbocycles. The largest absolute Gasteiger partial charge is 0.367 e. The number of nitrogens with one attached hydrogen (secondary N) is 1. The lowest BCUT2D eigenvalue weighted by molar-refractivity contribution is 0.0941. The van der Waals surface area contributed by atoms with Crippen molar-refractivity contribution >= 4 is 11.6 Å². The van der Waals surface area contributed by atoms with Crippen molar-refractivity contribution in [1.82, 2.24) is 14.8 Å². The van der Waals surface area contributed by atoms with Gasteiger partial charge < -0.3 is 19.7 Å². The molecule has 1 aromatic heterocycles. The molecule has 1 fully saturated rings. The molecule has 0 spiro atoms. The van der Waals surface area contributed by atoms with E-state index in [2.05, 4.69) is 29.0 Å². The molecule has 180 valence electrons. The number of amides is 1. The fourth-order valence-corrected chi connectivity index (χ4v) is 4.77. The van der Waals surface area contributed by atoms with Crippen LogP contribution in [-0.2, 0) is 13.1 Å². The van der Waals surface area contributed by atoms with Crippen LogP contribution in [0, 0.1) is 25.5 Å².